The van der Waals surface area contributed by atoms with Crippen molar-refractivity contribution in [2.24, 2.45) is 5.10 Å². The summed E-state index contributed by atoms with van der Waals surface area (Å²) in [7, 11) is -2.44. The molecule has 1 aromatic heterocycles. The number of benzene rings is 2. The average Bonchev–Trinajstić information content (AvgIpc) is 2.79. The van der Waals surface area contributed by atoms with Gasteiger partial charge in [-0.1, -0.05) is 30.3 Å². The number of carbonyl (C=O) groups excluding carboxylic acids is 1. The van der Waals surface area contributed by atoms with Crippen molar-refractivity contribution in [1.82, 2.24) is 10.4 Å². The zero-order valence-corrected chi connectivity index (χ0v) is 17.0. The monoisotopic (exact) mass is 424 g/mol. The fraction of sp³-hybridized carbons (Fsp3) is 0.0952. The highest BCUT2D eigenvalue weighted by atomic mass is 32.2. The summed E-state index contributed by atoms with van der Waals surface area (Å²) in [4.78, 5) is 16.5. The van der Waals surface area contributed by atoms with Crippen molar-refractivity contribution in [2.45, 2.75) is 4.90 Å². The fourth-order valence-corrected chi connectivity index (χ4v) is 4.08. The van der Waals surface area contributed by atoms with E-state index in [0.29, 0.717) is 11.3 Å². The lowest BCUT2D eigenvalue weighted by Crippen LogP contribution is -2.39. The number of ether oxygens (including phenoxy) is 1. The number of para-hydroxylation sites is 1. The Bertz CT molecular complexity index is 1120. The van der Waals surface area contributed by atoms with Gasteiger partial charge < -0.3 is 4.74 Å². The molecule has 1 N–H and O–H groups in total. The maximum Gasteiger partial charge on any atom is 0.264 e. The molecule has 2 aromatic carbocycles. The summed E-state index contributed by atoms with van der Waals surface area (Å²) < 4.78 is 32.4. The number of methoxy groups -OCH3 is 1. The van der Waals surface area contributed by atoms with Crippen LogP contribution in [0.25, 0.3) is 0 Å². The number of hydrogen-bond acceptors (Lipinski definition) is 6. The molecule has 8 nitrogen and oxygen atoms in total. The number of rotatable bonds is 8. The molecule has 30 heavy (non-hydrogen) atoms. The predicted octanol–water partition coefficient (Wildman–Crippen LogP) is 2.44. The number of aromatic nitrogens is 1. The van der Waals surface area contributed by atoms with Crippen molar-refractivity contribution in [3.63, 3.8) is 0 Å². The zero-order valence-electron chi connectivity index (χ0n) is 16.2. The van der Waals surface area contributed by atoms with Crippen LogP contribution in [0, 0.1) is 0 Å². The number of amides is 1. The molecule has 0 aliphatic carbocycles. The van der Waals surface area contributed by atoms with Gasteiger partial charge in [-0.2, -0.15) is 5.10 Å². The standard InChI is InChI=1S/C21H20N4O4S/c1-29-20-12-6-5-8-17(20)14-23-24-21(26)16-25(18-9-7-13-22-15-18)30(27,28)19-10-3-2-4-11-19/h2-15H,16H2,1H3,(H,24,26)/b23-14-. The second-order valence-corrected chi connectivity index (χ2v) is 7.93. The molecule has 0 aliphatic heterocycles. The van der Waals surface area contributed by atoms with Gasteiger partial charge in [0.25, 0.3) is 15.9 Å². The fourth-order valence-electron chi connectivity index (χ4n) is 2.65. The van der Waals surface area contributed by atoms with E-state index in [2.05, 4.69) is 15.5 Å². The second kappa shape index (κ2) is 9.66. The molecular weight excluding hydrogens is 404 g/mol. The Kier molecular flexibility index (Phi) is 6.76. The van der Waals surface area contributed by atoms with Crippen molar-refractivity contribution in [1.29, 1.82) is 0 Å². The number of nitrogens with zero attached hydrogens (tertiary/aromatic N) is 3. The van der Waals surface area contributed by atoms with Gasteiger partial charge in [0.15, 0.2) is 0 Å². The van der Waals surface area contributed by atoms with Crippen LogP contribution in [-0.2, 0) is 14.8 Å². The van der Waals surface area contributed by atoms with Crippen LogP contribution in [0.15, 0.2) is 89.1 Å². The highest BCUT2D eigenvalue weighted by molar-refractivity contribution is 7.92. The summed E-state index contributed by atoms with van der Waals surface area (Å²) in [6.45, 7) is -0.466. The van der Waals surface area contributed by atoms with E-state index in [1.165, 1.54) is 37.9 Å². The largest absolute Gasteiger partial charge is 0.496 e. The zero-order chi connectivity index (χ0) is 21.4. The number of anilines is 1. The van der Waals surface area contributed by atoms with Crippen LogP contribution >= 0.6 is 0 Å². The van der Waals surface area contributed by atoms with Crippen molar-refractivity contribution >= 4 is 27.8 Å². The molecule has 3 rings (SSSR count). The van der Waals surface area contributed by atoms with Crippen LogP contribution < -0.4 is 14.5 Å². The molecule has 3 aromatic rings. The molecule has 0 saturated carbocycles. The molecule has 154 valence electrons. The van der Waals surface area contributed by atoms with E-state index < -0.39 is 22.5 Å². The van der Waals surface area contributed by atoms with Gasteiger partial charge in [0.2, 0.25) is 0 Å². The van der Waals surface area contributed by atoms with Crippen LogP contribution in [-0.4, -0.2) is 39.2 Å². The molecule has 0 fully saturated rings. The van der Waals surface area contributed by atoms with Crippen LogP contribution in [0.3, 0.4) is 0 Å². The highest BCUT2D eigenvalue weighted by Gasteiger charge is 2.27. The van der Waals surface area contributed by atoms with Gasteiger partial charge in [-0.15, -0.1) is 0 Å². The number of pyridine rings is 1. The third kappa shape index (κ3) is 5.00. The lowest BCUT2D eigenvalue weighted by Gasteiger charge is -2.23. The van der Waals surface area contributed by atoms with Gasteiger partial charge in [0, 0.05) is 11.8 Å². The van der Waals surface area contributed by atoms with E-state index in [4.69, 9.17) is 4.74 Å². The number of carbonyl (C=O) groups is 1. The predicted molar refractivity (Wildman–Crippen MR) is 114 cm³/mol. The summed E-state index contributed by atoms with van der Waals surface area (Å²) in [5, 5.41) is 3.91. The first-order valence-electron chi connectivity index (χ1n) is 8.95. The van der Waals surface area contributed by atoms with Crippen molar-refractivity contribution < 1.29 is 17.9 Å². The first-order chi connectivity index (χ1) is 14.5. The smallest absolute Gasteiger partial charge is 0.264 e. The van der Waals surface area contributed by atoms with E-state index in [1.807, 2.05) is 12.1 Å². The Morgan fingerprint density at radius 3 is 2.53 bits per heavy atom. The van der Waals surface area contributed by atoms with E-state index in [1.54, 1.807) is 42.5 Å². The lowest BCUT2D eigenvalue weighted by atomic mass is 10.2. The van der Waals surface area contributed by atoms with Crippen molar-refractivity contribution in [3.05, 3.63) is 84.7 Å². The summed E-state index contributed by atoms with van der Waals surface area (Å²) in [5.74, 6) is -0.0105. The van der Waals surface area contributed by atoms with E-state index in [0.717, 1.165) is 4.31 Å². The van der Waals surface area contributed by atoms with Crippen LogP contribution in [0.1, 0.15) is 5.56 Å². The topological polar surface area (TPSA) is 101 Å². The summed E-state index contributed by atoms with van der Waals surface area (Å²) in [5.41, 5.74) is 3.29. The molecule has 0 spiro atoms. The maximum atomic E-state index is 13.1. The van der Waals surface area contributed by atoms with Crippen LogP contribution in [0.2, 0.25) is 0 Å². The molecule has 0 bridgehead atoms. The van der Waals surface area contributed by atoms with Gasteiger partial charge in [-0.3, -0.25) is 14.1 Å². The molecule has 0 atom stereocenters. The SMILES string of the molecule is COc1ccccc1/C=N\NC(=O)CN(c1cccnc1)S(=O)(=O)c1ccccc1. The van der Waals surface area contributed by atoms with Gasteiger partial charge >= 0.3 is 0 Å². The number of sulfonamides is 1. The molecule has 0 aliphatic rings. The number of nitrogens with one attached hydrogen (secondary N) is 1. The molecule has 9 heteroatoms. The highest BCUT2D eigenvalue weighted by Crippen LogP contribution is 2.22. The Hall–Kier alpha value is -3.72. The summed E-state index contributed by atoms with van der Waals surface area (Å²) >= 11 is 0. The Morgan fingerprint density at radius 1 is 1.10 bits per heavy atom. The van der Waals surface area contributed by atoms with E-state index in [9.17, 15) is 13.2 Å². The maximum absolute atomic E-state index is 13.1. The third-order valence-corrected chi connectivity index (χ3v) is 5.87. The summed E-state index contributed by atoms with van der Waals surface area (Å²) in [6.07, 6.45) is 4.33. The molecule has 1 amide bonds. The normalized spacial score (nSPS) is 11.2. The lowest BCUT2D eigenvalue weighted by molar-refractivity contribution is -0.119. The Morgan fingerprint density at radius 2 is 1.83 bits per heavy atom. The minimum atomic E-state index is -3.98. The minimum Gasteiger partial charge on any atom is -0.496 e. The molecule has 0 saturated heterocycles. The first-order valence-corrected chi connectivity index (χ1v) is 10.4. The quantitative estimate of drug-likeness (QED) is 0.442. The second-order valence-electron chi connectivity index (χ2n) is 6.07. The van der Waals surface area contributed by atoms with Crippen LogP contribution in [0.5, 0.6) is 5.75 Å². The number of hydrazone groups is 1. The minimum absolute atomic E-state index is 0.0687. The third-order valence-electron chi connectivity index (χ3n) is 4.08. The van der Waals surface area contributed by atoms with Crippen molar-refractivity contribution in [3.8, 4) is 5.75 Å². The van der Waals surface area contributed by atoms with Gasteiger partial charge in [-0.05, 0) is 36.4 Å². The first kappa shape index (κ1) is 21.0. The Labute approximate surface area is 174 Å². The van der Waals surface area contributed by atoms with E-state index in [-0.39, 0.29) is 10.6 Å². The van der Waals surface area contributed by atoms with Crippen LogP contribution in [0.4, 0.5) is 5.69 Å². The van der Waals surface area contributed by atoms with Crippen molar-refractivity contribution in [2.75, 3.05) is 18.0 Å². The number of hydrogen-bond donors (Lipinski definition) is 1. The van der Waals surface area contributed by atoms with Gasteiger partial charge in [-0.25, -0.2) is 13.8 Å². The molecule has 0 unspecified atom stereocenters. The molecule has 0 radical (unpaired) electrons. The molecule has 1 heterocycles. The van der Waals surface area contributed by atoms with Gasteiger partial charge in [0.1, 0.15) is 12.3 Å². The molecular formula is C21H20N4O4S. The Balaban J connectivity index is 1.80. The summed E-state index contributed by atoms with van der Waals surface area (Å²) in [6, 6.07) is 18.2. The van der Waals surface area contributed by atoms with Gasteiger partial charge in [0.05, 0.1) is 30.1 Å². The average molecular weight is 424 g/mol. The van der Waals surface area contributed by atoms with E-state index >= 15 is 0 Å².